The van der Waals surface area contributed by atoms with Crippen molar-refractivity contribution in [2.45, 2.75) is 13.0 Å². The first-order valence-electron chi connectivity index (χ1n) is 4.25. The largest absolute Gasteiger partial charge is 0.388 e. The molecule has 1 aromatic heterocycles. The minimum atomic E-state index is -1.23. The Morgan fingerprint density at radius 1 is 1.43 bits per heavy atom. The second kappa shape index (κ2) is 4.43. The SMILES string of the molecule is CC(CN)C(O)c1c(F)cncc1F. The van der Waals surface area contributed by atoms with E-state index in [-0.39, 0.29) is 12.1 Å². The van der Waals surface area contributed by atoms with Crippen LogP contribution in [0.15, 0.2) is 12.4 Å². The zero-order valence-corrected chi connectivity index (χ0v) is 7.74. The molecule has 78 valence electrons. The van der Waals surface area contributed by atoms with Gasteiger partial charge in [-0.1, -0.05) is 6.92 Å². The molecule has 3 N–H and O–H groups in total. The molecule has 0 spiro atoms. The van der Waals surface area contributed by atoms with Crippen LogP contribution in [0.4, 0.5) is 8.78 Å². The van der Waals surface area contributed by atoms with E-state index < -0.39 is 23.7 Å². The molecule has 1 heterocycles. The lowest BCUT2D eigenvalue weighted by Crippen LogP contribution is -2.20. The normalized spacial score (nSPS) is 15.2. The molecule has 0 saturated carbocycles. The fourth-order valence-electron chi connectivity index (χ4n) is 1.12. The Labute approximate surface area is 80.6 Å². The molecule has 0 aliphatic heterocycles. The number of halogens is 2. The first-order valence-corrected chi connectivity index (χ1v) is 4.25. The van der Waals surface area contributed by atoms with Gasteiger partial charge in [0, 0.05) is 0 Å². The number of aliphatic hydroxyl groups excluding tert-OH is 1. The first kappa shape index (κ1) is 11.0. The van der Waals surface area contributed by atoms with Crippen LogP contribution >= 0.6 is 0 Å². The van der Waals surface area contributed by atoms with E-state index in [4.69, 9.17) is 5.73 Å². The molecule has 14 heavy (non-hydrogen) atoms. The number of hydrogen-bond donors (Lipinski definition) is 2. The molecule has 1 rings (SSSR count). The highest BCUT2D eigenvalue weighted by Crippen LogP contribution is 2.25. The van der Waals surface area contributed by atoms with E-state index in [1.54, 1.807) is 6.92 Å². The van der Waals surface area contributed by atoms with Crippen LogP contribution in [0.2, 0.25) is 0 Å². The van der Waals surface area contributed by atoms with Crippen molar-refractivity contribution in [1.29, 1.82) is 0 Å². The number of aliphatic hydroxyl groups is 1. The van der Waals surface area contributed by atoms with Gasteiger partial charge in [-0.2, -0.15) is 0 Å². The molecule has 0 aliphatic rings. The van der Waals surface area contributed by atoms with Crippen molar-refractivity contribution in [2.75, 3.05) is 6.54 Å². The van der Waals surface area contributed by atoms with Crippen LogP contribution in [0.25, 0.3) is 0 Å². The van der Waals surface area contributed by atoms with E-state index in [9.17, 15) is 13.9 Å². The fourth-order valence-corrected chi connectivity index (χ4v) is 1.12. The molecule has 5 heteroatoms. The van der Waals surface area contributed by atoms with Gasteiger partial charge in [-0.05, 0) is 12.5 Å². The van der Waals surface area contributed by atoms with Crippen molar-refractivity contribution in [3.63, 3.8) is 0 Å². The maximum absolute atomic E-state index is 13.1. The molecule has 0 saturated heterocycles. The van der Waals surface area contributed by atoms with Gasteiger partial charge in [0.2, 0.25) is 0 Å². The van der Waals surface area contributed by atoms with Gasteiger partial charge in [-0.15, -0.1) is 0 Å². The topological polar surface area (TPSA) is 59.1 Å². The Morgan fingerprint density at radius 2 is 1.93 bits per heavy atom. The number of hydrogen-bond acceptors (Lipinski definition) is 3. The van der Waals surface area contributed by atoms with Crippen LogP contribution in [0.3, 0.4) is 0 Å². The molecule has 0 bridgehead atoms. The predicted molar refractivity (Wildman–Crippen MR) is 47.3 cm³/mol. The van der Waals surface area contributed by atoms with Gasteiger partial charge in [0.1, 0.15) is 11.6 Å². The summed E-state index contributed by atoms with van der Waals surface area (Å²) in [4.78, 5) is 3.32. The van der Waals surface area contributed by atoms with Crippen molar-refractivity contribution in [3.8, 4) is 0 Å². The highest BCUT2D eigenvalue weighted by atomic mass is 19.1. The highest BCUT2D eigenvalue weighted by molar-refractivity contribution is 5.18. The predicted octanol–water partition coefficient (Wildman–Crippen LogP) is 0.988. The summed E-state index contributed by atoms with van der Waals surface area (Å²) in [5.74, 6) is -2.10. The summed E-state index contributed by atoms with van der Waals surface area (Å²) in [5.41, 5.74) is 4.93. The molecule has 0 radical (unpaired) electrons. The van der Waals surface area contributed by atoms with Crippen LogP contribution in [-0.4, -0.2) is 16.6 Å². The third-order valence-corrected chi connectivity index (χ3v) is 2.10. The van der Waals surface area contributed by atoms with E-state index in [1.165, 1.54) is 0 Å². The molecule has 0 amide bonds. The molecule has 3 nitrogen and oxygen atoms in total. The van der Waals surface area contributed by atoms with E-state index in [2.05, 4.69) is 4.98 Å². The zero-order valence-electron chi connectivity index (χ0n) is 7.74. The molecule has 2 unspecified atom stereocenters. The van der Waals surface area contributed by atoms with Gasteiger partial charge in [-0.25, -0.2) is 8.78 Å². The molecular formula is C9H12F2N2O. The van der Waals surface area contributed by atoms with Crippen LogP contribution in [0.5, 0.6) is 0 Å². The summed E-state index contributed by atoms with van der Waals surface area (Å²) in [6, 6.07) is 0. The summed E-state index contributed by atoms with van der Waals surface area (Å²) in [7, 11) is 0. The third-order valence-electron chi connectivity index (χ3n) is 2.10. The third kappa shape index (κ3) is 2.05. The van der Waals surface area contributed by atoms with Crippen LogP contribution in [0, 0.1) is 17.6 Å². The second-order valence-electron chi connectivity index (χ2n) is 3.17. The van der Waals surface area contributed by atoms with E-state index in [1.807, 2.05) is 0 Å². The van der Waals surface area contributed by atoms with Crippen molar-refractivity contribution in [2.24, 2.45) is 11.7 Å². The zero-order chi connectivity index (χ0) is 10.7. The molecule has 0 aromatic carbocycles. The average Bonchev–Trinajstić information content (AvgIpc) is 2.16. The van der Waals surface area contributed by atoms with Crippen molar-refractivity contribution in [3.05, 3.63) is 29.6 Å². The Bertz CT molecular complexity index is 299. The van der Waals surface area contributed by atoms with E-state index in [0.717, 1.165) is 12.4 Å². The summed E-state index contributed by atoms with van der Waals surface area (Å²) in [5, 5.41) is 9.56. The Morgan fingerprint density at radius 3 is 2.36 bits per heavy atom. The highest BCUT2D eigenvalue weighted by Gasteiger charge is 2.22. The van der Waals surface area contributed by atoms with Crippen molar-refractivity contribution >= 4 is 0 Å². The summed E-state index contributed by atoms with van der Waals surface area (Å²) in [6.45, 7) is 1.77. The summed E-state index contributed by atoms with van der Waals surface area (Å²) < 4.78 is 26.2. The maximum Gasteiger partial charge on any atom is 0.150 e. The van der Waals surface area contributed by atoms with Gasteiger partial charge in [0.15, 0.2) is 0 Å². The number of rotatable bonds is 3. The molecule has 2 atom stereocenters. The minimum Gasteiger partial charge on any atom is -0.388 e. The van der Waals surface area contributed by atoms with Gasteiger partial charge >= 0.3 is 0 Å². The Hall–Kier alpha value is -1.07. The van der Waals surface area contributed by atoms with Gasteiger partial charge in [0.25, 0.3) is 0 Å². The summed E-state index contributed by atoms with van der Waals surface area (Å²) in [6.07, 6.45) is 0.499. The number of aromatic nitrogens is 1. The van der Waals surface area contributed by atoms with Gasteiger partial charge in [0.05, 0.1) is 24.1 Å². The van der Waals surface area contributed by atoms with Crippen molar-refractivity contribution < 1.29 is 13.9 Å². The van der Waals surface area contributed by atoms with Gasteiger partial charge in [-0.3, -0.25) is 4.98 Å². The average molecular weight is 202 g/mol. The van der Waals surface area contributed by atoms with Crippen molar-refractivity contribution in [1.82, 2.24) is 4.98 Å². The lowest BCUT2D eigenvalue weighted by Gasteiger charge is -2.17. The maximum atomic E-state index is 13.1. The Balaban J connectivity index is 3.05. The molecule has 1 aromatic rings. The molecule has 0 fully saturated rings. The number of nitrogens with two attached hydrogens (primary N) is 1. The number of pyridine rings is 1. The Kier molecular flexibility index (Phi) is 3.49. The van der Waals surface area contributed by atoms with Crippen LogP contribution in [-0.2, 0) is 0 Å². The van der Waals surface area contributed by atoms with E-state index in [0.29, 0.717) is 0 Å². The van der Waals surface area contributed by atoms with E-state index >= 15 is 0 Å². The summed E-state index contributed by atoms with van der Waals surface area (Å²) >= 11 is 0. The lowest BCUT2D eigenvalue weighted by atomic mass is 9.98. The second-order valence-corrected chi connectivity index (χ2v) is 3.17. The van der Waals surface area contributed by atoms with Crippen LogP contribution < -0.4 is 5.73 Å². The number of nitrogens with zero attached hydrogens (tertiary/aromatic N) is 1. The monoisotopic (exact) mass is 202 g/mol. The molecular weight excluding hydrogens is 190 g/mol. The van der Waals surface area contributed by atoms with Crippen LogP contribution in [0.1, 0.15) is 18.6 Å². The van der Waals surface area contributed by atoms with Gasteiger partial charge < -0.3 is 10.8 Å². The lowest BCUT2D eigenvalue weighted by molar-refractivity contribution is 0.113. The minimum absolute atomic E-state index is 0.155. The quantitative estimate of drug-likeness (QED) is 0.768. The fraction of sp³-hybridized carbons (Fsp3) is 0.444. The standard InChI is InChI=1S/C9H12F2N2O/c1-5(2-12)9(14)8-6(10)3-13-4-7(8)11/h3-5,9,14H,2,12H2,1H3. The molecule has 0 aliphatic carbocycles. The first-order chi connectivity index (χ1) is 6.57. The smallest absolute Gasteiger partial charge is 0.150 e.